The first-order valence-electron chi connectivity index (χ1n) is 10.7. The summed E-state index contributed by atoms with van der Waals surface area (Å²) in [6.45, 7) is 0.974. The van der Waals surface area contributed by atoms with E-state index in [1.165, 1.54) is 37.8 Å². The van der Waals surface area contributed by atoms with E-state index in [0.717, 1.165) is 19.3 Å². The van der Waals surface area contributed by atoms with Crippen molar-refractivity contribution in [3.63, 3.8) is 0 Å². The molecule has 1 unspecified atom stereocenters. The first-order valence-corrected chi connectivity index (χ1v) is 13.3. The van der Waals surface area contributed by atoms with Gasteiger partial charge in [-0.25, -0.2) is 8.42 Å². The van der Waals surface area contributed by atoms with Crippen LogP contribution in [-0.4, -0.2) is 64.8 Å². The Morgan fingerprint density at radius 3 is 2.52 bits per heavy atom. The van der Waals surface area contributed by atoms with E-state index in [2.05, 4.69) is 5.32 Å². The third-order valence-electron chi connectivity index (χ3n) is 5.88. The molecule has 33 heavy (non-hydrogen) atoms. The number of nitrogens with zero attached hydrogens (tertiary/aromatic N) is 4. The summed E-state index contributed by atoms with van der Waals surface area (Å²) in [5.41, 5.74) is 1.25. The number of aromatic nitrogens is 1. The van der Waals surface area contributed by atoms with E-state index >= 15 is 0 Å². The normalized spacial score (nSPS) is 19.3. The number of piperidine rings is 1. The zero-order valence-corrected chi connectivity index (χ0v) is 19.9. The molecular weight excluding hydrogens is 462 g/mol. The van der Waals surface area contributed by atoms with E-state index in [9.17, 15) is 18.0 Å². The monoisotopic (exact) mass is 487 g/mol. The Morgan fingerprint density at radius 1 is 1.15 bits per heavy atom. The van der Waals surface area contributed by atoms with Gasteiger partial charge in [0.1, 0.15) is 16.6 Å². The summed E-state index contributed by atoms with van der Waals surface area (Å²) in [6.07, 6.45) is 4.15. The summed E-state index contributed by atoms with van der Waals surface area (Å²) >= 11 is 1.46. The smallest absolute Gasteiger partial charge is 0.271 e. The highest BCUT2D eigenvalue weighted by atomic mass is 32.2. The average Bonchev–Trinajstić information content (AvgIpc) is 3.47. The fourth-order valence-corrected chi connectivity index (χ4v) is 6.75. The van der Waals surface area contributed by atoms with Crippen molar-refractivity contribution in [1.29, 1.82) is 5.26 Å². The molecule has 1 aromatic carbocycles. The number of rotatable bonds is 5. The summed E-state index contributed by atoms with van der Waals surface area (Å²) in [5.74, 6) is 0.0666. The number of carbonyl (C=O) groups is 2. The fraction of sp³-hybridized carbons (Fsp3) is 0.409. The average molecular weight is 488 g/mol. The van der Waals surface area contributed by atoms with Gasteiger partial charge in [-0.1, -0.05) is 6.42 Å². The van der Waals surface area contributed by atoms with Crippen LogP contribution in [-0.2, 0) is 21.9 Å². The molecule has 1 atom stereocenters. The van der Waals surface area contributed by atoms with Gasteiger partial charge in [-0.2, -0.15) is 9.57 Å². The lowest BCUT2D eigenvalue weighted by molar-refractivity contribution is -0.119. The zero-order valence-electron chi connectivity index (χ0n) is 18.2. The number of nitriles is 1. The molecule has 2 saturated heterocycles. The highest BCUT2D eigenvalue weighted by molar-refractivity contribution is 7.99. The summed E-state index contributed by atoms with van der Waals surface area (Å²) in [5, 5.41) is 11.7. The third-order valence-corrected chi connectivity index (χ3v) is 8.76. The van der Waals surface area contributed by atoms with Crippen molar-refractivity contribution in [2.75, 3.05) is 30.0 Å². The Morgan fingerprint density at radius 2 is 1.85 bits per heavy atom. The van der Waals surface area contributed by atoms with Crippen molar-refractivity contribution in [3.05, 3.63) is 47.8 Å². The van der Waals surface area contributed by atoms with Crippen LogP contribution in [0.2, 0.25) is 0 Å². The molecule has 1 N–H and O–H groups in total. The van der Waals surface area contributed by atoms with Crippen LogP contribution in [0.25, 0.3) is 0 Å². The number of benzene rings is 1. The lowest BCUT2D eigenvalue weighted by Gasteiger charge is -2.25. The second-order valence-corrected chi connectivity index (χ2v) is 11.0. The quantitative estimate of drug-likeness (QED) is 0.692. The van der Waals surface area contributed by atoms with Gasteiger partial charge in [-0.3, -0.25) is 9.59 Å². The summed E-state index contributed by atoms with van der Waals surface area (Å²) in [4.78, 5) is 27.7. The Kier molecular flexibility index (Phi) is 6.78. The Hall–Kier alpha value is -2.81. The van der Waals surface area contributed by atoms with Crippen molar-refractivity contribution >= 4 is 39.3 Å². The number of thioether (sulfide) groups is 1. The van der Waals surface area contributed by atoms with E-state index in [1.807, 2.05) is 6.07 Å². The Labute approximate surface area is 197 Å². The standard InChI is InChI=1S/C22H25N5O4S2/c1-25-13-18(33(30,31)26-9-3-2-4-10-26)11-19(25)22(29)27-15-32-14-20(27)21(28)24-17-7-5-16(12-23)6-8-17/h5-8,11,13,20H,2-4,9-10,14-15H2,1H3,(H,24,28). The molecule has 0 radical (unpaired) electrons. The summed E-state index contributed by atoms with van der Waals surface area (Å²) in [6, 6.07) is 9.24. The number of hydrogen-bond donors (Lipinski definition) is 1. The molecule has 0 bridgehead atoms. The predicted molar refractivity (Wildman–Crippen MR) is 125 cm³/mol. The van der Waals surface area contributed by atoms with Crippen molar-refractivity contribution in [3.8, 4) is 6.07 Å². The maximum absolute atomic E-state index is 13.3. The van der Waals surface area contributed by atoms with E-state index in [1.54, 1.807) is 31.3 Å². The lowest BCUT2D eigenvalue weighted by Crippen LogP contribution is -2.45. The van der Waals surface area contributed by atoms with Crippen LogP contribution in [0.4, 0.5) is 5.69 Å². The van der Waals surface area contributed by atoms with Crippen LogP contribution in [0.3, 0.4) is 0 Å². The fourth-order valence-electron chi connectivity index (χ4n) is 4.00. The van der Waals surface area contributed by atoms with E-state index in [0.29, 0.717) is 36.0 Å². The summed E-state index contributed by atoms with van der Waals surface area (Å²) in [7, 11) is -2.03. The molecule has 2 aliphatic rings. The van der Waals surface area contributed by atoms with Crippen LogP contribution in [0.15, 0.2) is 41.4 Å². The lowest BCUT2D eigenvalue weighted by atomic mass is 10.2. The second-order valence-electron chi connectivity index (χ2n) is 8.11. The number of carbonyl (C=O) groups excluding carboxylic acids is 2. The van der Waals surface area contributed by atoms with Gasteiger partial charge in [-0.05, 0) is 43.2 Å². The second kappa shape index (κ2) is 9.59. The molecule has 9 nitrogen and oxygen atoms in total. The number of amides is 2. The maximum Gasteiger partial charge on any atom is 0.271 e. The molecule has 2 aliphatic heterocycles. The van der Waals surface area contributed by atoms with Crippen molar-refractivity contribution in [2.24, 2.45) is 7.05 Å². The van der Waals surface area contributed by atoms with Crippen LogP contribution in [0.1, 0.15) is 35.3 Å². The van der Waals surface area contributed by atoms with Crippen molar-refractivity contribution in [1.82, 2.24) is 13.8 Å². The molecule has 3 heterocycles. The van der Waals surface area contributed by atoms with E-state index in [-0.39, 0.29) is 22.4 Å². The third kappa shape index (κ3) is 4.78. The van der Waals surface area contributed by atoms with Gasteiger partial charge in [0.15, 0.2) is 0 Å². The number of aryl methyl sites for hydroxylation is 1. The van der Waals surface area contributed by atoms with Gasteiger partial charge in [0.2, 0.25) is 15.9 Å². The minimum Gasteiger partial charge on any atom is -0.345 e. The molecular formula is C22H25N5O4S2. The Bertz CT molecular complexity index is 1190. The molecule has 2 amide bonds. The molecule has 1 aromatic heterocycles. The van der Waals surface area contributed by atoms with Gasteiger partial charge in [0.05, 0.1) is 17.5 Å². The number of nitrogens with one attached hydrogen (secondary N) is 1. The minimum atomic E-state index is -3.66. The van der Waals surface area contributed by atoms with E-state index < -0.39 is 16.1 Å². The molecule has 11 heteroatoms. The predicted octanol–water partition coefficient (Wildman–Crippen LogP) is 2.23. The summed E-state index contributed by atoms with van der Waals surface area (Å²) < 4.78 is 29.0. The molecule has 0 saturated carbocycles. The van der Waals surface area contributed by atoms with Gasteiger partial charge in [0.25, 0.3) is 5.91 Å². The minimum absolute atomic E-state index is 0.0979. The highest BCUT2D eigenvalue weighted by Gasteiger charge is 2.37. The molecule has 0 spiro atoms. The number of sulfonamides is 1. The topological polar surface area (TPSA) is 116 Å². The van der Waals surface area contributed by atoms with Crippen LogP contribution in [0, 0.1) is 11.3 Å². The number of hydrogen-bond acceptors (Lipinski definition) is 6. The molecule has 2 fully saturated rings. The molecule has 4 rings (SSSR count). The van der Waals surface area contributed by atoms with Crippen LogP contribution < -0.4 is 5.32 Å². The largest absolute Gasteiger partial charge is 0.345 e. The maximum atomic E-state index is 13.3. The van der Waals surface area contributed by atoms with Crippen molar-refractivity contribution < 1.29 is 18.0 Å². The highest BCUT2D eigenvalue weighted by Crippen LogP contribution is 2.27. The van der Waals surface area contributed by atoms with Gasteiger partial charge in [-0.15, -0.1) is 11.8 Å². The van der Waals surface area contributed by atoms with Gasteiger partial charge < -0.3 is 14.8 Å². The van der Waals surface area contributed by atoms with E-state index in [4.69, 9.17) is 5.26 Å². The first kappa shape index (κ1) is 23.4. The molecule has 0 aliphatic carbocycles. The van der Waals surface area contributed by atoms with Gasteiger partial charge in [0, 0.05) is 37.8 Å². The van der Waals surface area contributed by atoms with Crippen LogP contribution >= 0.6 is 11.8 Å². The van der Waals surface area contributed by atoms with Crippen molar-refractivity contribution in [2.45, 2.75) is 30.2 Å². The van der Waals surface area contributed by atoms with Gasteiger partial charge >= 0.3 is 0 Å². The SMILES string of the molecule is Cn1cc(S(=O)(=O)N2CCCCC2)cc1C(=O)N1CSCC1C(=O)Nc1ccc(C#N)cc1. The molecule has 2 aromatic rings. The zero-order chi connectivity index (χ0) is 23.6. The Balaban J connectivity index is 1.51. The van der Waals surface area contributed by atoms with Crippen LogP contribution in [0.5, 0.6) is 0 Å². The first-order chi connectivity index (χ1) is 15.8. The molecule has 174 valence electrons. The number of anilines is 1.